The van der Waals surface area contributed by atoms with Crippen molar-refractivity contribution in [1.82, 2.24) is 0 Å². The zero-order chi connectivity index (χ0) is 10.2. The Morgan fingerprint density at radius 2 is 1.38 bits per heavy atom. The Balaban J connectivity index is 2.65. The molecule has 0 aromatic carbocycles. The first kappa shape index (κ1) is 11.1. The number of hydrogen-bond donors (Lipinski definition) is 0. The molecule has 1 saturated carbocycles. The van der Waals surface area contributed by atoms with Gasteiger partial charge >= 0.3 is 0 Å². The van der Waals surface area contributed by atoms with Gasteiger partial charge in [0, 0.05) is 0 Å². The van der Waals surface area contributed by atoms with Crippen LogP contribution in [0, 0.1) is 29.1 Å². The normalized spacial score (nSPS) is 38.8. The first-order valence-corrected chi connectivity index (χ1v) is 5.95. The summed E-state index contributed by atoms with van der Waals surface area (Å²) in [6.07, 6.45) is 2.78. The lowest BCUT2D eigenvalue weighted by atomic mass is 9.93. The van der Waals surface area contributed by atoms with Crippen molar-refractivity contribution in [2.24, 2.45) is 29.1 Å². The van der Waals surface area contributed by atoms with E-state index in [0.29, 0.717) is 5.41 Å². The van der Waals surface area contributed by atoms with Crippen molar-refractivity contribution in [2.75, 3.05) is 0 Å². The largest absolute Gasteiger partial charge is 0.0654 e. The summed E-state index contributed by atoms with van der Waals surface area (Å²) >= 11 is 0. The molecule has 0 radical (unpaired) electrons. The van der Waals surface area contributed by atoms with Crippen LogP contribution in [-0.4, -0.2) is 0 Å². The van der Waals surface area contributed by atoms with Gasteiger partial charge in [0.1, 0.15) is 0 Å². The van der Waals surface area contributed by atoms with Crippen LogP contribution in [0.25, 0.3) is 0 Å². The molecule has 1 rings (SSSR count). The van der Waals surface area contributed by atoms with Gasteiger partial charge in [0.25, 0.3) is 0 Å². The molecule has 0 aromatic heterocycles. The molecule has 78 valence electrons. The maximum Gasteiger partial charge on any atom is -0.0259 e. The molecule has 0 aliphatic heterocycles. The maximum absolute atomic E-state index is 2.51. The molecule has 0 aromatic rings. The molecule has 1 aliphatic carbocycles. The fourth-order valence-corrected chi connectivity index (χ4v) is 3.86. The van der Waals surface area contributed by atoms with Crippen molar-refractivity contribution in [3.05, 3.63) is 0 Å². The molecule has 0 nitrogen and oxygen atoms in total. The van der Waals surface area contributed by atoms with E-state index in [1.807, 2.05) is 0 Å². The van der Waals surface area contributed by atoms with Crippen LogP contribution in [0.2, 0.25) is 0 Å². The number of rotatable bonds is 4. The molecule has 0 bridgehead atoms. The molecule has 1 fully saturated rings. The summed E-state index contributed by atoms with van der Waals surface area (Å²) in [5.41, 5.74) is 0.678. The summed E-state index contributed by atoms with van der Waals surface area (Å²) in [5, 5.41) is 0. The predicted octanol–water partition coefficient (Wildman–Crippen LogP) is 4.35. The second-order valence-electron chi connectivity index (χ2n) is 5.80. The smallest absolute Gasteiger partial charge is 0.0259 e. The van der Waals surface area contributed by atoms with Crippen LogP contribution >= 0.6 is 0 Å². The van der Waals surface area contributed by atoms with Crippen LogP contribution in [0.15, 0.2) is 0 Å². The third kappa shape index (κ3) is 1.78. The number of hydrogen-bond acceptors (Lipinski definition) is 0. The van der Waals surface area contributed by atoms with E-state index in [1.54, 1.807) is 0 Å². The van der Waals surface area contributed by atoms with Gasteiger partial charge in [-0.3, -0.25) is 0 Å². The Morgan fingerprint density at radius 1 is 1.00 bits per heavy atom. The molecule has 0 heterocycles. The lowest BCUT2D eigenvalue weighted by Gasteiger charge is -2.12. The standard InChI is InChI=1S/C13H26/c1-7-8-13(6)11(9(2)3)12(13)10(4)5/h9-12H,7-8H2,1-6H3. The van der Waals surface area contributed by atoms with E-state index in [9.17, 15) is 0 Å². The highest BCUT2D eigenvalue weighted by atomic mass is 14.7. The Bertz CT molecular complexity index is 153. The zero-order valence-electron chi connectivity index (χ0n) is 10.2. The highest BCUT2D eigenvalue weighted by Gasteiger charge is 2.61. The van der Waals surface area contributed by atoms with Crippen LogP contribution in [0.4, 0.5) is 0 Å². The van der Waals surface area contributed by atoms with Crippen molar-refractivity contribution in [3.8, 4) is 0 Å². The fourth-order valence-electron chi connectivity index (χ4n) is 3.86. The molecular weight excluding hydrogens is 156 g/mol. The summed E-state index contributed by atoms with van der Waals surface area (Å²) < 4.78 is 0. The predicted molar refractivity (Wildman–Crippen MR) is 59.7 cm³/mol. The van der Waals surface area contributed by atoms with Crippen molar-refractivity contribution in [3.63, 3.8) is 0 Å². The average Bonchev–Trinajstić information content (AvgIpc) is 2.56. The molecule has 2 unspecified atom stereocenters. The SMILES string of the molecule is CCCC1(C)C(C(C)C)C1C(C)C. The van der Waals surface area contributed by atoms with Crippen LogP contribution in [-0.2, 0) is 0 Å². The van der Waals surface area contributed by atoms with Gasteiger partial charge in [0.2, 0.25) is 0 Å². The van der Waals surface area contributed by atoms with Gasteiger partial charge in [-0.1, -0.05) is 48.0 Å². The monoisotopic (exact) mass is 182 g/mol. The zero-order valence-corrected chi connectivity index (χ0v) is 10.2. The van der Waals surface area contributed by atoms with E-state index in [2.05, 4.69) is 41.5 Å². The van der Waals surface area contributed by atoms with Crippen LogP contribution in [0.3, 0.4) is 0 Å². The van der Waals surface area contributed by atoms with Crippen LogP contribution in [0.1, 0.15) is 54.4 Å². The summed E-state index contributed by atoms with van der Waals surface area (Å²) in [6, 6.07) is 0. The average molecular weight is 182 g/mol. The first-order valence-electron chi connectivity index (χ1n) is 5.95. The molecule has 0 amide bonds. The van der Waals surface area contributed by atoms with Gasteiger partial charge in [-0.15, -0.1) is 0 Å². The minimum Gasteiger partial charge on any atom is -0.0654 e. The topological polar surface area (TPSA) is 0 Å². The Morgan fingerprint density at radius 3 is 1.62 bits per heavy atom. The Labute approximate surface area is 84.1 Å². The second kappa shape index (κ2) is 3.63. The molecule has 2 atom stereocenters. The van der Waals surface area contributed by atoms with Gasteiger partial charge in [0.15, 0.2) is 0 Å². The third-order valence-corrected chi connectivity index (χ3v) is 4.03. The molecule has 1 aliphatic rings. The van der Waals surface area contributed by atoms with E-state index < -0.39 is 0 Å². The summed E-state index contributed by atoms with van der Waals surface area (Å²) in [4.78, 5) is 0. The van der Waals surface area contributed by atoms with E-state index in [-0.39, 0.29) is 0 Å². The molecular formula is C13H26. The second-order valence-corrected chi connectivity index (χ2v) is 5.80. The summed E-state index contributed by atoms with van der Waals surface area (Å²) in [7, 11) is 0. The van der Waals surface area contributed by atoms with Gasteiger partial charge in [-0.2, -0.15) is 0 Å². The van der Waals surface area contributed by atoms with Crippen molar-refractivity contribution >= 4 is 0 Å². The van der Waals surface area contributed by atoms with Crippen LogP contribution < -0.4 is 0 Å². The lowest BCUT2D eigenvalue weighted by molar-refractivity contribution is 0.379. The van der Waals surface area contributed by atoms with E-state index in [4.69, 9.17) is 0 Å². The molecule has 0 heteroatoms. The highest BCUT2D eigenvalue weighted by Crippen LogP contribution is 2.67. The van der Waals surface area contributed by atoms with Gasteiger partial charge in [-0.25, -0.2) is 0 Å². The van der Waals surface area contributed by atoms with Crippen LogP contribution in [0.5, 0.6) is 0 Å². The molecule has 0 saturated heterocycles. The molecule has 0 spiro atoms. The molecule has 13 heavy (non-hydrogen) atoms. The van der Waals surface area contributed by atoms with Crippen molar-refractivity contribution in [1.29, 1.82) is 0 Å². The fraction of sp³-hybridized carbons (Fsp3) is 1.00. The van der Waals surface area contributed by atoms with E-state index >= 15 is 0 Å². The molecule has 0 N–H and O–H groups in total. The lowest BCUT2D eigenvalue weighted by Crippen LogP contribution is -2.03. The van der Waals surface area contributed by atoms with Gasteiger partial charge in [0.05, 0.1) is 0 Å². The van der Waals surface area contributed by atoms with E-state index in [0.717, 1.165) is 23.7 Å². The van der Waals surface area contributed by atoms with E-state index in [1.165, 1.54) is 12.8 Å². The quantitative estimate of drug-likeness (QED) is 0.606. The van der Waals surface area contributed by atoms with Gasteiger partial charge in [-0.05, 0) is 35.5 Å². The minimum absolute atomic E-state index is 0.678. The van der Waals surface area contributed by atoms with Gasteiger partial charge < -0.3 is 0 Å². The summed E-state index contributed by atoms with van der Waals surface area (Å²) in [5.74, 6) is 3.74. The minimum atomic E-state index is 0.678. The third-order valence-electron chi connectivity index (χ3n) is 4.03. The summed E-state index contributed by atoms with van der Waals surface area (Å²) in [6.45, 7) is 14.4. The maximum atomic E-state index is 2.51. The van der Waals surface area contributed by atoms with Crippen molar-refractivity contribution in [2.45, 2.75) is 54.4 Å². The van der Waals surface area contributed by atoms with Crippen molar-refractivity contribution < 1.29 is 0 Å². The Kier molecular flexibility index (Phi) is 3.09. The first-order chi connectivity index (χ1) is 5.95. The Hall–Kier alpha value is 0. The highest BCUT2D eigenvalue weighted by molar-refractivity contribution is 5.09.